The second-order valence-electron chi connectivity index (χ2n) is 7.88. The Kier molecular flexibility index (Phi) is 4.65. The summed E-state index contributed by atoms with van der Waals surface area (Å²) in [7, 11) is 0. The van der Waals surface area contributed by atoms with Crippen molar-refractivity contribution in [2.45, 2.75) is 44.7 Å². The third-order valence-corrected chi connectivity index (χ3v) is 5.90. The number of amides is 1. The normalized spacial score (nSPS) is 24.8. The number of hydrogen-bond acceptors (Lipinski definition) is 4. The van der Waals surface area contributed by atoms with Gasteiger partial charge in [-0.1, -0.05) is 11.6 Å². The SMILES string of the molecule is CCn1ccc(C(=O)CC23CC(NC(=O)COc4ccc(Cl)c(F)c4)(C2)C3)n1. The van der Waals surface area contributed by atoms with Crippen molar-refractivity contribution in [2.24, 2.45) is 5.41 Å². The van der Waals surface area contributed by atoms with Crippen LogP contribution in [-0.2, 0) is 11.3 Å². The van der Waals surface area contributed by atoms with Crippen molar-refractivity contribution in [3.63, 3.8) is 0 Å². The highest BCUT2D eigenvalue weighted by molar-refractivity contribution is 6.30. The number of carbonyl (C=O) groups excluding carboxylic acids is 2. The standard InChI is InChI=1S/C20H21ClFN3O3/c1-2-25-6-5-16(24-25)17(26)8-19-10-20(11-19,12-19)23-18(27)9-28-13-3-4-14(21)15(22)7-13/h3-7H,2,8-12H2,1H3,(H,23,27). The lowest BCUT2D eigenvalue weighted by Gasteiger charge is -2.70. The van der Waals surface area contributed by atoms with Gasteiger partial charge in [0, 0.05) is 30.8 Å². The smallest absolute Gasteiger partial charge is 0.258 e. The summed E-state index contributed by atoms with van der Waals surface area (Å²) in [6.45, 7) is 2.52. The number of aryl methyl sites for hydroxylation is 1. The van der Waals surface area contributed by atoms with Crippen molar-refractivity contribution in [2.75, 3.05) is 6.61 Å². The van der Waals surface area contributed by atoms with Crippen LogP contribution in [0.15, 0.2) is 30.5 Å². The van der Waals surface area contributed by atoms with Crippen LogP contribution in [0.1, 0.15) is 43.1 Å². The highest BCUT2D eigenvalue weighted by Gasteiger charge is 2.68. The summed E-state index contributed by atoms with van der Waals surface area (Å²) >= 11 is 5.62. The molecule has 3 aliphatic rings. The molecule has 1 amide bonds. The van der Waals surface area contributed by atoms with Crippen molar-refractivity contribution in [1.29, 1.82) is 0 Å². The molecule has 3 aliphatic carbocycles. The number of aromatic nitrogens is 2. The molecule has 2 aromatic rings. The van der Waals surface area contributed by atoms with Gasteiger partial charge in [0.2, 0.25) is 0 Å². The third-order valence-electron chi connectivity index (χ3n) is 5.59. The lowest BCUT2D eigenvalue weighted by molar-refractivity contribution is -0.164. The minimum absolute atomic E-state index is 0.00646. The fraction of sp³-hybridized carbons (Fsp3) is 0.450. The topological polar surface area (TPSA) is 73.2 Å². The van der Waals surface area contributed by atoms with Crippen LogP contribution >= 0.6 is 11.6 Å². The van der Waals surface area contributed by atoms with Gasteiger partial charge in [0.05, 0.1) is 5.02 Å². The number of ether oxygens (including phenoxy) is 1. The summed E-state index contributed by atoms with van der Waals surface area (Å²) in [6.07, 6.45) is 4.65. The maximum atomic E-state index is 13.4. The lowest BCUT2D eigenvalue weighted by Crippen LogP contribution is -2.75. The Bertz CT molecular complexity index is 923. The molecule has 1 heterocycles. The molecule has 1 N–H and O–H groups in total. The molecule has 0 atom stereocenters. The van der Waals surface area contributed by atoms with Gasteiger partial charge in [0.1, 0.15) is 17.3 Å². The Morgan fingerprint density at radius 3 is 2.71 bits per heavy atom. The zero-order chi connectivity index (χ0) is 19.9. The average Bonchev–Trinajstić information content (AvgIpc) is 3.09. The van der Waals surface area contributed by atoms with E-state index >= 15 is 0 Å². The Morgan fingerprint density at radius 1 is 1.32 bits per heavy atom. The number of benzene rings is 1. The van der Waals surface area contributed by atoms with Crippen LogP contribution in [0.3, 0.4) is 0 Å². The number of Topliss-reactive ketones (excluding diaryl/α,β-unsaturated/α-hetero) is 1. The van der Waals surface area contributed by atoms with Gasteiger partial charge in [-0.3, -0.25) is 14.3 Å². The number of nitrogens with one attached hydrogen (secondary N) is 1. The van der Waals surface area contributed by atoms with E-state index in [4.69, 9.17) is 16.3 Å². The molecule has 6 nitrogen and oxygen atoms in total. The average molecular weight is 406 g/mol. The number of ketones is 1. The molecule has 1 aromatic heterocycles. The molecule has 1 aromatic carbocycles. The minimum atomic E-state index is -0.589. The molecule has 0 aliphatic heterocycles. The molecule has 8 heteroatoms. The van der Waals surface area contributed by atoms with Crippen LogP contribution in [0, 0.1) is 11.2 Å². The Balaban J connectivity index is 1.23. The van der Waals surface area contributed by atoms with E-state index < -0.39 is 5.82 Å². The van der Waals surface area contributed by atoms with Gasteiger partial charge in [-0.25, -0.2) is 4.39 Å². The fourth-order valence-electron chi connectivity index (χ4n) is 4.48. The molecule has 0 saturated heterocycles. The van der Waals surface area contributed by atoms with Gasteiger partial charge in [0.15, 0.2) is 12.4 Å². The first-order valence-corrected chi connectivity index (χ1v) is 9.65. The molecular formula is C20H21ClFN3O3. The molecule has 3 saturated carbocycles. The Labute approximate surface area is 167 Å². The van der Waals surface area contributed by atoms with Crippen LogP contribution in [-0.4, -0.2) is 33.6 Å². The first-order chi connectivity index (χ1) is 13.3. The zero-order valence-electron chi connectivity index (χ0n) is 15.5. The van der Waals surface area contributed by atoms with Gasteiger partial charge in [0.25, 0.3) is 5.91 Å². The van der Waals surface area contributed by atoms with Crippen LogP contribution in [0.25, 0.3) is 0 Å². The third kappa shape index (κ3) is 3.51. The number of nitrogens with zero attached hydrogens (tertiary/aromatic N) is 2. The first-order valence-electron chi connectivity index (χ1n) is 9.28. The first kappa shape index (κ1) is 18.9. The molecule has 3 fully saturated rings. The van der Waals surface area contributed by atoms with E-state index in [2.05, 4.69) is 10.4 Å². The number of hydrogen-bond donors (Lipinski definition) is 1. The van der Waals surface area contributed by atoms with E-state index in [1.807, 2.05) is 13.1 Å². The van der Waals surface area contributed by atoms with Gasteiger partial charge in [-0.2, -0.15) is 5.10 Å². The summed E-state index contributed by atoms with van der Waals surface area (Å²) in [5.41, 5.74) is 0.267. The molecular weight excluding hydrogens is 385 g/mol. The Morgan fingerprint density at radius 2 is 2.07 bits per heavy atom. The highest BCUT2D eigenvalue weighted by atomic mass is 35.5. The predicted octanol–water partition coefficient (Wildman–Crippen LogP) is 3.39. The number of carbonyl (C=O) groups is 2. The fourth-order valence-corrected chi connectivity index (χ4v) is 4.60. The van der Waals surface area contributed by atoms with Gasteiger partial charge in [-0.15, -0.1) is 0 Å². The summed E-state index contributed by atoms with van der Waals surface area (Å²) < 4.78 is 20.4. The summed E-state index contributed by atoms with van der Waals surface area (Å²) in [4.78, 5) is 24.6. The molecule has 0 unspecified atom stereocenters. The van der Waals surface area contributed by atoms with E-state index in [0.717, 1.165) is 31.9 Å². The number of halogens is 2. The minimum Gasteiger partial charge on any atom is -0.484 e. The molecule has 2 bridgehead atoms. The van der Waals surface area contributed by atoms with Crippen molar-refractivity contribution < 1.29 is 18.7 Å². The van der Waals surface area contributed by atoms with Crippen molar-refractivity contribution in [3.8, 4) is 5.75 Å². The summed E-state index contributed by atoms with van der Waals surface area (Å²) in [5, 5.41) is 7.26. The van der Waals surface area contributed by atoms with Crippen molar-refractivity contribution >= 4 is 23.3 Å². The number of rotatable bonds is 8. The highest BCUT2D eigenvalue weighted by Crippen LogP contribution is 2.69. The molecule has 0 radical (unpaired) electrons. The van der Waals surface area contributed by atoms with E-state index in [1.165, 1.54) is 12.1 Å². The monoisotopic (exact) mass is 405 g/mol. The molecule has 28 heavy (non-hydrogen) atoms. The molecule has 148 valence electrons. The van der Waals surface area contributed by atoms with Gasteiger partial charge < -0.3 is 10.1 Å². The van der Waals surface area contributed by atoms with Crippen LogP contribution in [0.5, 0.6) is 5.75 Å². The Hall–Kier alpha value is -2.41. The van der Waals surface area contributed by atoms with E-state index in [9.17, 15) is 14.0 Å². The summed E-state index contributed by atoms with van der Waals surface area (Å²) in [6, 6.07) is 5.80. The summed E-state index contributed by atoms with van der Waals surface area (Å²) in [5.74, 6) is -0.533. The quantitative estimate of drug-likeness (QED) is 0.683. The van der Waals surface area contributed by atoms with Gasteiger partial charge in [-0.05, 0) is 49.8 Å². The maximum absolute atomic E-state index is 13.4. The zero-order valence-corrected chi connectivity index (χ0v) is 16.3. The van der Waals surface area contributed by atoms with Crippen LogP contribution in [0.2, 0.25) is 5.02 Å². The van der Waals surface area contributed by atoms with E-state index in [1.54, 1.807) is 10.7 Å². The van der Waals surface area contributed by atoms with E-state index in [-0.39, 0.29) is 40.0 Å². The van der Waals surface area contributed by atoms with Gasteiger partial charge >= 0.3 is 0 Å². The van der Waals surface area contributed by atoms with Crippen LogP contribution in [0.4, 0.5) is 4.39 Å². The van der Waals surface area contributed by atoms with Crippen molar-refractivity contribution in [1.82, 2.24) is 15.1 Å². The largest absolute Gasteiger partial charge is 0.484 e. The van der Waals surface area contributed by atoms with Crippen molar-refractivity contribution in [3.05, 3.63) is 47.0 Å². The van der Waals surface area contributed by atoms with E-state index in [0.29, 0.717) is 12.1 Å². The lowest BCUT2D eigenvalue weighted by atomic mass is 9.38. The second-order valence-corrected chi connectivity index (χ2v) is 8.29. The molecule has 5 rings (SSSR count). The second kappa shape index (κ2) is 6.88. The van der Waals surface area contributed by atoms with Crippen LogP contribution < -0.4 is 10.1 Å². The molecule has 0 spiro atoms. The maximum Gasteiger partial charge on any atom is 0.258 e. The predicted molar refractivity (Wildman–Crippen MR) is 101 cm³/mol.